The van der Waals surface area contributed by atoms with Gasteiger partial charge in [-0.3, -0.25) is 4.90 Å². The smallest absolute Gasteiger partial charge is 0.0932 e. The van der Waals surface area contributed by atoms with Gasteiger partial charge in [-0.15, -0.1) is 12.4 Å². The molecular formula is C11H23ClN2O2. The molecule has 0 aromatic heterocycles. The van der Waals surface area contributed by atoms with Crippen LogP contribution in [0.15, 0.2) is 0 Å². The Kier molecular flexibility index (Phi) is 6.61. The molecule has 0 saturated carbocycles. The molecule has 4 nitrogen and oxygen atoms in total. The highest BCUT2D eigenvalue weighted by Crippen LogP contribution is 2.15. The van der Waals surface area contributed by atoms with Crippen LogP contribution in [0, 0.1) is 5.92 Å². The molecule has 1 unspecified atom stereocenters. The van der Waals surface area contributed by atoms with Gasteiger partial charge in [0.2, 0.25) is 0 Å². The lowest BCUT2D eigenvalue weighted by Crippen LogP contribution is -2.46. The SMILES string of the molecule is Cl.OCC1CN(CC2CCNCC2)CCO1. The Labute approximate surface area is 104 Å². The van der Waals surface area contributed by atoms with Crippen molar-refractivity contribution in [3.05, 3.63) is 0 Å². The molecule has 1 atom stereocenters. The highest BCUT2D eigenvalue weighted by atomic mass is 35.5. The number of nitrogens with one attached hydrogen (secondary N) is 1. The van der Waals surface area contributed by atoms with Crippen molar-refractivity contribution in [2.45, 2.75) is 18.9 Å². The second kappa shape index (κ2) is 7.45. The fourth-order valence-electron chi connectivity index (χ4n) is 2.49. The van der Waals surface area contributed by atoms with E-state index in [1.54, 1.807) is 0 Å². The minimum atomic E-state index is 0. The van der Waals surface area contributed by atoms with Crippen molar-refractivity contribution < 1.29 is 9.84 Å². The maximum absolute atomic E-state index is 9.05. The van der Waals surface area contributed by atoms with Crippen LogP contribution in [0.4, 0.5) is 0 Å². The zero-order valence-electron chi connectivity index (χ0n) is 9.73. The Morgan fingerprint density at radius 1 is 1.31 bits per heavy atom. The molecule has 0 bridgehead atoms. The number of morpholine rings is 1. The molecule has 16 heavy (non-hydrogen) atoms. The Balaban J connectivity index is 0.00000128. The van der Waals surface area contributed by atoms with E-state index in [1.165, 1.54) is 32.5 Å². The van der Waals surface area contributed by atoms with Crippen LogP contribution in [-0.2, 0) is 4.74 Å². The number of nitrogens with zero attached hydrogens (tertiary/aromatic N) is 1. The summed E-state index contributed by atoms with van der Waals surface area (Å²) in [6.45, 7) is 6.37. The van der Waals surface area contributed by atoms with Crippen LogP contribution in [0.1, 0.15) is 12.8 Å². The summed E-state index contributed by atoms with van der Waals surface area (Å²) in [6, 6.07) is 0. The molecule has 5 heteroatoms. The summed E-state index contributed by atoms with van der Waals surface area (Å²) >= 11 is 0. The number of aliphatic hydroxyl groups is 1. The average molecular weight is 251 g/mol. The summed E-state index contributed by atoms with van der Waals surface area (Å²) in [4.78, 5) is 2.44. The molecule has 2 saturated heterocycles. The van der Waals surface area contributed by atoms with Gasteiger partial charge in [0, 0.05) is 19.6 Å². The largest absolute Gasteiger partial charge is 0.394 e. The first kappa shape index (κ1) is 14.2. The first-order valence-corrected chi connectivity index (χ1v) is 6.04. The van der Waals surface area contributed by atoms with Crippen LogP contribution in [0.3, 0.4) is 0 Å². The van der Waals surface area contributed by atoms with Gasteiger partial charge in [-0.2, -0.15) is 0 Å². The van der Waals surface area contributed by atoms with Crippen LogP contribution in [0.25, 0.3) is 0 Å². The van der Waals surface area contributed by atoms with Gasteiger partial charge in [-0.1, -0.05) is 0 Å². The van der Waals surface area contributed by atoms with Gasteiger partial charge < -0.3 is 15.2 Å². The molecule has 2 fully saturated rings. The normalized spacial score (nSPS) is 28.7. The molecule has 2 aliphatic heterocycles. The highest BCUT2D eigenvalue weighted by molar-refractivity contribution is 5.85. The van der Waals surface area contributed by atoms with E-state index in [1.807, 2.05) is 0 Å². The van der Waals surface area contributed by atoms with Crippen molar-refractivity contribution in [1.82, 2.24) is 10.2 Å². The molecule has 0 aromatic carbocycles. The summed E-state index contributed by atoms with van der Waals surface area (Å²) in [6.07, 6.45) is 2.63. The summed E-state index contributed by atoms with van der Waals surface area (Å²) < 4.78 is 5.44. The van der Waals surface area contributed by atoms with Crippen LogP contribution in [-0.4, -0.2) is 62.0 Å². The number of aliphatic hydroxyl groups excluding tert-OH is 1. The lowest BCUT2D eigenvalue weighted by Gasteiger charge is -2.35. The number of rotatable bonds is 3. The summed E-state index contributed by atoms with van der Waals surface area (Å²) in [7, 11) is 0. The molecule has 2 heterocycles. The fourth-order valence-corrected chi connectivity index (χ4v) is 2.49. The van der Waals surface area contributed by atoms with E-state index in [0.29, 0.717) is 0 Å². The van der Waals surface area contributed by atoms with Crippen molar-refractivity contribution >= 4 is 12.4 Å². The molecule has 0 spiro atoms. The summed E-state index contributed by atoms with van der Waals surface area (Å²) in [5, 5.41) is 12.4. The van der Waals surface area contributed by atoms with Gasteiger partial charge in [-0.25, -0.2) is 0 Å². The predicted molar refractivity (Wildman–Crippen MR) is 66.1 cm³/mol. The van der Waals surface area contributed by atoms with E-state index in [2.05, 4.69) is 10.2 Å². The number of hydrogen-bond donors (Lipinski definition) is 2. The molecular weight excluding hydrogens is 228 g/mol. The standard InChI is InChI=1S/C11H22N2O2.ClH/c14-9-11-8-13(5-6-15-11)7-10-1-3-12-4-2-10;/h10-12,14H,1-9H2;1H. The third kappa shape index (κ3) is 4.18. The van der Waals surface area contributed by atoms with Crippen molar-refractivity contribution in [2.75, 3.05) is 45.9 Å². The molecule has 2 rings (SSSR count). The van der Waals surface area contributed by atoms with E-state index in [4.69, 9.17) is 9.84 Å². The van der Waals surface area contributed by atoms with Crippen LogP contribution >= 0.6 is 12.4 Å². The predicted octanol–water partition coefficient (Wildman–Crippen LogP) is 0.101. The average Bonchev–Trinajstić information content (AvgIpc) is 2.31. The quantitative estimate of drug-likeness (QED) is 0.746. The van der Waals surface area contributed by atoms with Gasteiger partial charge in [0.1, 0.15) is 0 Å². The number of hydrogen-bond acceptors (Lipinski definition) is 4. The monoisotopic (exact) mass is 250 g/mol. The van der Waals surface area contributed by atoms with E-state index in [9.17, 15) is 0 Å². The first-order chi connectivity index (χ1) is 7.38. The molecule has 2 aliphatic rings. The van der Waals surface area contributed by atoms with Crippen molar-refractivity contribution in [1.29, 1.82) is 0 Å². The van der Waals surface area contributed by atoms with Crippen molar-refractivity contribution in [3.63, 3.8) is 0 Å². The minimum absolute atomic E-state index is 0. The van der Waals surface area contributed by atoms with Gasteiger partial charge >= 0.3 is 0 Å². The Hall–Kier alpha value is 0.130. The second-order valence-electron chi connectivity index (χ2n) is 4.63. The summed E-state index contributed by atoms with van der Waals surface area (Å²) in [5.74, 6) is 0.837. The number of ether oxygens (including phenoxy) is 1. The second-order valence-corrected chi connectivity index (χ2v) is 4.63. The molecule has 0 amide bonds. The van der Waals surface area contributed by atoms with E-state index in [-0.39, 0.29) is 25.1 Å². The third-order valence-corrected chi connectivity index (χ3v) is 3.40. The lowest BCUT2D eigenvalue weighted by atomic mass is 9.97. The maximum Gasteiger partial charge on any atom is 0.0932 e. The van der Waals surface area contributed by atoms with E-state index in [0.717, 1.165) is 25.6 Å². The Morgan fingerprint density at radius 2 is 2.06 bits per heavy atom. The molecule has 2 N–H and O–H groups in total. The maximum atomic E-state index is 9.05. The minimum Gasteiger partial charge on any atom is -0.394 e. The Morgan fingerprint density at radius 3 is 2.75 bits per heavy atom. The zero-order valence-corrected chi connectivity index (χ0v) is 10.5. The molecule has 0 aliphatic carbocycles. The third-order valence-electron chi connectivity index (χ3n) is 3.40. The van der Waals surface area contributed by atoms with Crippen LogP contribution < -0.4 is 5.32 Å². The summed E-state index contributed by atoms with van der Waals surface area (Å²) in [5.41, 5.74) is 0. The van der Waals surface area contributed by atoms with E-state index >= 15 is 0 Å². The number of halogens is 1. The first-order valence-electron chi connectivity index (χ1n) is 6.04. The zero-order chi connectivity index (χ0) is 10.5. The number of piperidine rings is 1. The topological polar surface area (TPSA) is 44.7 Å². The lowest BCUT2D eigenvalue weighted by molar-refractivity contribution is -0.0569. The molecule has 0 radical (unpaired) electrons. The van der Waals surface area contributed by atoms with E-state index < -0.39 is 0 Å². The highest BCUT2D eigenvalue weighted by Gasteiger charge is 2.23. The van der Waals surface area contributed by atoms with Crippen LogP contribution in [0.5, 0.6) is 0 Å². The van der Waals surface area contributed by atoms with Crippen molar-refractivity contribution in [2.24, 2.45) is 5.92 Å². The molecule has 0 aromatic rings. The Bertz CT molecular complexity index is 189. The van der Waals surface area contributed by atoms with Gasteiger partial charge in [0.25, 0.3) is 0 Å². The fraction of sp³-hybridized carbons (Fsp3) is 1.00. The van der Waals surface area contributed by atoms with Crippen molar-refractivity contribution in [3.8, 4) is 0 Å². The van der Waals surface area contributed by atoms with Gasteiger partial charge in [0.15, 0.2) is 0 Å². The van der Waals surface area contributed by atoms with Crippen LogP contribution in [0.2, 0.25) is 0 Å². The van der Waals surface area contributed by atoms with Gasteiger partial charge in [-0.05, 0) is 31.8 Å². The molecule has 96 valence electrons. The van der Waals surface area contributed by atoms with Gasteiger partial charge in [0.05, 0.1) is 19.3 Å².